The highest BCUT2D eigenvalue weighted by molar-refractivity contribution is 5.95. The van der Waals surface area contributed by atoms with Gasteiger partial charge in [-0.25, -0.2) is 18.1 Å². The number of aliphatic hydroxyl groups is 1. The van der Waals surface area contributed by atoms with Gasteiger partial charge in [-0.3, -0.25) is 38.4 Å². The van der Waals surface area contributed by atoms with Crippen LogP contribution in [0.25, 0.3) is 33.5 Å². The molecule has 5 heterocycles. The van der Waals surface area contributed by atoms with Crippen LogP contribution in [-0.4, -0.2) is 160 Å². The molecule has 0 aliphatic carbocycles. The Kier molecular flexibility index (Phi) is 23.2. The second-order valence-corrected chi connectivity index (χ2v) is 18.2. The first kappa shape index (κ1) is 62.5. The second kappa shape index (κ2) is 30.1. The third kappa shape index (κ3) is 18.9. The Balaban J connectivity index is 0.000000219. The smallest absolute Gasteiger partial charge is 0.310 e. The number of aliphatic carboxylic acids is 1. The molecule has 0 unspecified atom stereocenters. The highest BCUT2D eigenvalue weighted by Gasteiger charge is 2.29. The number of carboxylic acids is 1. The summed E-state index contributed by atoms with van der Waals surface area (Å²) in [7, 11) is 0. The van der Waals surface area contributed by atoms with Crippen molar-refractivity contribution >= 4 is 58.6 Å². The number of fused-ring (bicyclic) bond motifs is 1. The summed E-state index contributed by atoms with van der Waals surface area (Å²) in [4.78, 5) is 97.5. The van der Waals surface area contributed by atoms with Crippen molar-refractivity contribution in [2.24, 2.45) is 0 Å². The first-order valence-electron chi connectivity index (χ1n) is 25.6. The summed E-state index contributed by atoms with van der Waals surface area (Å²) in [6.07, 6.45) is 3.98. The van der Waals surface area contributed by atoms with Crippen LogP contribution >= 0.6 is 0 Å². The fourth-order valence-electron chi connectivity index (χ4n) is 8.11. The lowest BCUT2D eigenvalue weighted by atomic mass is 10.1. The molecule has 2 fully saturated rings. The van der Waals surface area contributed by atoms with Crippen LogP contribution in [0.3, 0.4) is 0 Å². The molecule has 3 aromatic heterocycles. The lowest BCUT2D eigenvalue weighted by Crippen LogP contribution is -2.30. The Morgan fingerprint density at radius 3 is 1.77 bits per heavy atom. The fourth-order valence-corrected chi connectivity index (χ4v) is 8.11. The summed E-state index contributed by atoms with van der Waals surface area (Å²) in [5.74, 6) is -3.55. The minimum absolute atomic E-state index is 0.113. The number of benzene rings is 4. The topological polar surface area (TPSA) is 308 Å². The number of aliphatic hydroxyl groups excluding tert-OH is 1. The van der Waals surface area contributed by atoms with Crippen molar-refractivity contribution in [2.75, 3.05) is 51.5 Å². The number of anilines is 1. The fraction of sp³-hybridized carbons (Fsp3) is 0.321. The zero-order valence-electron chi connectivity index (χ0n) is 45.5. The number of aldehydes is 1. The number of pyridine rings is 1. The lowest BCUT2D eigenvalue weighted by Gasteiger charge is -2.16. The molecule has 23 nitrogen and oxygen atoms in total. The number of hydrogen-bond donors (Lipinski definition) is 4. The van der Waals surface area contributed by atoms with Gasteiger partial charge in [0.05, 0.1) is 54.1 Å². The van der Waals surface area contributed by atoms with E-state index >= 15 is 0 Å². The van der Waals surface area contributed by atoms with Gasteiger partial charge in [0.15, 0.2) is 6.29 Å². The van der Waals surface area contributed by atoms with Crippen LogP contribution in [0, 0.1) is 11.6 Å². The number of nitrogens with two attached hydrogens (primary N) is 1. The molecule has 4 aromatic carbocycles. The van der Waals surface area contributed by atoms with Gasteiger partial charge in [-0.15, -0.1) is 10.2 Å². The van der Waals surface area contributed by atoms with Crippen LogP contribution in [-0.2, 0) is 35.1 Å². The zero-order valence-corrected chi connectivity index (χ0v) is 45.5. The number of ether oxygens (including phenoxy) is 2. The molecule has 428 valence electrons. The monoisotopic (exact) mass is 1120 g/mol. The molecule has 9 rings (SSSR count). The number of aromatic amines is 1. The number of likely N-dealkylation sites (tertiary alicyclic amines) is 2. The maximum atomic E-state index is 13.6. The maximum absolute atomic E-state index is 13.6. The Morgan fingerprint density at radius 2 is 1.27 bits per heavy atom. The summed E-state index contributed by atoms with van der Waals surface area (Å²) in [6, 6.07) is 23.0. The van der Waals surface area contributed by atoms with Crippen molar-refractivity contribution in [2.45, 2.75) is 73.0 Å². The van der Waals surface area contributed by atoms with Gasteiger partial charge in [0.25, 0.3) is 17.4 Å². The molecule has 7 aromatic rings. The van der Waals surface area contributed by atoms with E-state index in [1.54, 1.807) is 76.8 Å². The van der Waals surface area contributed by atoms with Crippen molar-refractivity contribution in [1.82, 2.24) is 49.7 Å². The van der Waals surface area contributed by atoms with E-state index in [-0.39, 0.29) is 47.0 Å². The van der Waals surface area contributed by atoms with Gasteiger partial charge in [0, 0.05) is 80.1 Å². The first-order chi connectivity index (χ1) is 38.6. The minimum Gasteiger partial charge on any atom is -0.481 e. The number of β-amino-alcohol motifs (C(OH)–C–C–N with tert-alkyl or cyclic N) is 1. The largest absolute Gasteiger partial charge is 0.481 e. The molecule has 81 heavy (non-hydrogen) atoms. The van der Waals surface area contributed by atoms with Gasteiger partial charge >= 0.3 is 23.9 Å². The van der Waals surface area contributed by atoms with Gasteiger partial charge in [-0.1, -0.05) is 31.2 Å². The van der Waals surface area contributed by atoms with Crippen LogP contribution in [0.1, 0.15) is 91.2 Å². The average molecular weight is 1120 g/mol. The molecule has 2 aliphatic heterocycles. The average Bonchev–Trinajstić information content (AvgIpc) is 4.35. The van der Waals surface area contributed by atoms with Crippen molar-refractivity contribution in [3.8, 4) is 22.6 Å². The number of nitrogens with zero attached hydrogens (tertiary/aromatic N) is 9. The van der Waals surface area contributed by atoms with Crippen LogP contribution in [0.5, 0.6) is 0 Å². The minimum atomic E-state index is -0.967. The Bertz CT molecular complexity index is 3350. The number of carbonyl (C=O) groups is 7. The molecular formula is C56H63F2N11O12. The normalized spacial score (nSPS) is 14.2. The number of aromatic nitrogens is 7. The Labute approximate surface area is 463 Å². The van der Waals surface area contributed by atoms with Crippen molar-refractivity contribution in [1.29, 1.82) is 0 Å². The summed E-state index contributed by atoms with van der Waals surface area (Å²) < 4.78 is 38.0. The Hall–Kier alpha value is -9.36. The van der Waals surface area contributed by atoms with E-state index in [2.05, 4.69) is 56.0 Å². The molecule has 2 saturated heterocycles. The number of rotatable bonds is 12. The molecular weight excluding hydrogens is 1060 g/mol. The molecule has 2 amide bonds. The van der Waals surface area contributed by atoms with Crippen LogP contribution in [0.2, 0.25) is 0 Å². The molecule has 5 N–H and O–H groups in total. The van der Waals surface area contributed by atoms with Gasteiger partial charge in [-0.2, -0.15) is 0 Å². The molecule has 0 spiro atoms. The molecule has 0 radical (unpaired) electrons. The number of nitrogen functional groups attached to an aromatic ring is 1. The quantitative estimate of drug-likeness (QED) is 0.0511. The zero-order chi connectivity index (χ0) is 59.3. The number of nitrogens with one attached hydrogen (secondary N) is 1. The van der Waals surface area contributed by atoms with Crippen LogP contribution in [0.4, 0.5) is 14.5 Å². The number of halogens is 2. The third-order valence-electron chi connectivity index (χ3n) is 12.2. The number of hydrogen-bond acceptors (Lipinski definition) is 17. The van der Waals surface area contributed by atoms with E-state index in [9.17, 15) is 52.2 Å². The third-order valence-corrected chi connectivity index (χ3v) is 12.2. The van der Waals surface area contributed by atoms with Crippen LogP contribution < -0.4 is 11.3 Å². The summed E-state index contributed by atoms with van der Waals surface area (Å²) in [5, 5.41) is 34.6. The Morgan fingerprint density at radius 1 is 0.728 bits per heavy atom. The van der Waals surface area contributed by atoms with Crippen molar-refractivity contribution in [3.63, 3.8) is 0 Å². The lowest BCUT2D eigenvalue weighted by molar-refractivity contribution is -0.156. The van der Waals surface area contributed by atoms with Crippen molar-refractivity contribution < 1.29 is 62.0 Å². The predicted molar refractivity (Wildman–Crippen MR) is 292 cm³/mol. The number of esters is 3. The molecule has 2 atom stereocenters. The summed E-state index contributed by atoms with van der Waals surface area (Å²) >= 11 is 0. The molecule has 0 bridgehead atoms. The highest BCUT2D eigenvalue weighted by Crippen LogP contribution is 2.22. The van der Waals surface area contributed by atoms with Crippen LogP contribution in [0.15, 0.2) is 108 Å². The van der Waals surface area contributed by atoms with E-state index < -0.39 is 35.6 Å². The maximum Gasteiger partial charge on any atom is 0.310 e. The number of amides is 2. The highest BCUT2D eigenvalue weighted by atomic mass is 19.1. The molecule has 0 saturated carbocycles. The van der Waals surface area contributed by atoms with E-state index in [4.69, 9.17) is 15.6 Å². The summed E-state index contributed by atoms with van der Waals surface area (Å²) in [6.45, 7) is 15.7. The van der Waals surface area contributed by atoms with Gasteiger partial charge in [-0.05, 0) is 117 Å². The standard InChI is InChI=1S/C24H20FN5O4.C15H16N4O4.C7H6FNO.C6H15N.C4H6O3/c1-14(31)34-19-8-9-29(12-19)24(33)15-2-5-18(6-3-15)30-13-22(27-28-30)20-11-16-10-17(25)4-7-21(16)26-23(20)32;20-13-5-6-18(9-13)15(23)10-1-3-12(4-2-10)19-8-11(16-17-19)7-14(21)22;8-6-1-2-7(9)5(3-6)4-10;1-4-7(5-2)6-3;1-3(5)7-4(2)6/h2-7,10-11,13,19H,8-9,12H2,1H3,(H,26,32);1-4,8,13,20H,5-7,9H2,(H,21,22);1-4H,9H2;4-6H2,1-3H3;1-2H3/t19-;13-;;;/m11.../s1. The van der Waals surface area contributed by atoms with Gasteiger partial charge < -0.3 is 45.1 Å². The summed E-state index contributed by atoms with van der Waals surface area (Å²) in [5.41, 5.74) is 9.31. The van der Waals surface area contributed by atoms with E-state index in [0.29, 0.717) is 95.8 Å². The van der Waals surface area contributed by atoms with E-state index in [1.807, 2.05) is 0 Å². The number of H-pyrrole nitrogens is 1. The molecule has 2 aliphatic rings. The number of carboxylic acid groups (broad SMARTS) is 1. The van der Waals surface area contributed by atoms with Gasteiger partial charge in [0.2, 0.25) is 0 Å². The van der Waals surface area contributed by atoms with E-state index in [0.717, 1.165) is 6.07 Å². The number of carbonyl (C=O) groups excluding carboxylic acids is 6. The predicted octanol–water partition coefficient (Wildman–Crippen LogP) is 5.46. The molecule has 25 heteroatoms. The second-order valence-electron chi connectivity index (χ2n) is 18.2. The van der Waals surface area contributed by atoms with E-state index in [1.165, 1.54) is 80.1 Å². The van der Waals surface area contributed by atoms with Crippen molar-refractivity contribution in [3.05, 3.63) is 148 Å². The first-order valence-corrected chi connectivity index (χ1v) is 25.6. The SMILES string of the molecule is CC(=O)OC(C)=O.CC(=O)O[C@@H]1CCN(C(=O)c2ccc(-n3cc(-c4cc5cc(F)ccc5[nH]c4=O)nn3)cc2)C1.CCN(CC)CC.Nc1ccc(F)cc1C=O.O=C(O)Cc1cn(-c2ccc(C(=O)N3CC[C@@H](O)C3)cc2)nn1. The van der Waals surface area contributed by atoms with Gasteiger partial charge in [0.1, 0.15) is 23.4 Å².